The molecule has 4 N–H and O–H groups in total. The van der Waals surface area contributed by atoms with Gasteiger partial charge in [-0.1, -0.05) is 17.7 Å². The van der Waals surface area contributed by atoms with Gasteiger partial charge in [-0.2, -0.15) is 0 Å². The highest BCUT2D eigenvalue weighted by Gasteiger charge is 2.10. The Labute approximate surface area is 112 Å². The largest absolute Gasteiger partial charge is 0.399 e. The van der Waals surface area contributed by atoms with Crippen LogP contribution in [0.15, 0.2) is 42.5 Å². The number of amides is 1. The van der Waals surface area contributed by atoms with Crippen molar-refractivity contribution in [3.63, 3.8) is 0 Å². The molecule has 0 aromatic heterocycles. The van der Waals surface area contributed by atoms with E-state index < -0.39 is 0 Å². The molecule has 0 fully saturated rings. The number of hydrogen-bond acceptors (Lipinski definition) is 3. The predicted molar refractivity (Wildman–Crippen MR) is 78.7 cm³/mol. The molecule has 98 valence electrons. The number of nitrogens with one attached hydrogen (secondary N) is 2. The van der Waals surface area contributed by atoms with E-state index in [1.165, 1.54) is 5.56 Å². The molecule has 4 heteroatoms. The summed E-state index contributed by atoms with van der Waals surface area (Å²) < 4.78 is 0. The molecule has 2 aromatic carbocycles. The van der Waals surface area contributed by atoms with E-state index in [9.17, 15) is 4.79 Å². The topological polar surface area (TPSA) is 67.2 Å². The summed E-state index contributed by atoms with van der Waals surface area (Å²) in [6.45, 7) is 2.03. The lowest BCUT2D eigenvalue weighted by molar-refractivity contribution is 0.0964. The average Bonchev–Trinajstić information content (AvgIpc) is 2.41. The molecule has 0 bridgehead atoms. The number of carbonyl (C=O) groups excluding carboxylic acids is 1. The molecule has 0 aliphatic carbocycles. The van der Waals surface area contributed by atoms with Gasteiger partial charge in [-0.25, -0.2) is 0 Å². The van der Waals surface area contributed by atoms with Gasteiger partial charge < -0.3 is 16.4 Å². The van der Waals surface area contributed by atoms with Gasteiger partial charge in [0, 0.05) is 18.4 Å². The zero-order valence-corrected chi connectivity index (χ0v) is 11.0. The molecule has 4 nitrogen and oxygen atoms in total. The fourth-order valence-corrected chi connectivity index (χ4v) is 1.79. The minimum absolute atomic E-state index is 0.144. The maximum absolute atomic E-state index is 11.8. The van der Waals surface area contributed by atoms with E-state index in [1.807, 2.05) is 31.2 Å². The van der Waals surface area contributed by atoms with Gasteiger partial charge in [0.2, 0.25) is 0 Å². The van der Waals surface area contributed by atoms with Crippen LogP contribution in [0.5, 0.6) is 0 Å². The second kappa shape index (κ2) is 5.44. The Hall–Kier alpha value is -2.49. The Morgan fingerprint density at radius 3 is 2.42 bits per heavy atom. The van der Waals surface area contributed by atoms with Crippen molar-refractivity contribution >= 4 is 23.0 Å². The van der Waals surface area contributed by atoms with Crippen molar-refractivity contribution in [3.8, 4) is 0 Å². The third-order valence-corrected chi connectivity index (χ3v) is 2.85. The molecule has 0 aliphatic rings. The summed E-state index contributed by atoms with van der Waals surface area (Å²) in [4.78, 5) is 11.8. The van der Waals surface area contributed by atoms with Crippen LogP contribution in [0.25, 0.3) is 0 Å². The van der Waals surface area contributed by atoms with Gasteiger partial charge >= 0.3 is 0 Å². The summed E-state index contributed by atoms with van der Waals surface area (Å²) in [6, 6.07) is 13.1. The van der Waals surface area contributed by atoms with Crippen molar-refractivity contribution in [2.75, 3.05) is 18.1 Å². The Bertz CT molecular complexity index is 591. The van der Waals surface area contributed by atoms with Crippen molar-refractivity contribution in [3.05, 3.63) is 53.6 Å². The first-order valence-electron chi connectivity index (χ1n) is 6.05. The molecule has 0 spiro atoms. The van der Waals surface area contributed by atoms with Gasteiger partial charge in [-0.15, -0.1) is 0 Å². The lowest BCUT2D eigenvalue weighted by atomic mass is 10.1. The molecule has 0 radical (unpaired) electrons. The zero-order valence-electron chi connectivity index (χ0n) is 11.0. The molecule has 0 heterocycles. The SMILES string of the molecule is CNC(=O)c1ccc(N)cc1Nc1ccc(C)cc1. The van der Waals surface area contributed by atoms with Crippen LogP contribution < -0.4 is 16.4 Å². The van der Waals surface area contributed by atoms with Crippen molar-refractivity contribution in [2.24, 2.45) is 0 Å². The molecule has 2 aromatic rings. The predicted octanol–water partition coefficient (Wildman–Crippen LogP) is 2.68. The Balaban J connectivity index is 2.35. The van der Waals surface area contributed by atoms with Crippen LogP contribution in [0.1, 0.15) is 15.9 Å². The molecular formula is C15H17N3O. The zero-order chi connectivity index (χ0) is 13.8. The average molecular weight is 255 g/mol. The van der Waals surface area contributed by atoms with Crippen LogP contribution in [0.4, 0.5) is 17.1 Å². The van der Waals surface area contributed by atoms with Crippen molar-refractivity contribution in [2.45, 2.75) is 6.92 Å². The number of aryl methyl sites for hydroxylation is 1. The summed E-state index contributed by atoms with van der Waals surface area (Å²) in [6.07, 6.45) is 0. The van der Waals surface area contributed by atoms with Crippen LogP contribution in [0.3, 0.4) is 0 Å². The fraction of sp³-hybridized carbons (Fsp3) is 0.133. The van der Waals surface area contributed by atoms with Gasteiger partial charge in [0.05, 0.1) is 11.3 Å². The molecule has 0 unspecified atom stereocenters. The highest BCUT2D eigenvalue weighted by atomic mass is 16.1. The maximum atomic E-state index is 11.8. The van der Waals surface area contributed by atoms with Crippen molar-refractivity contribution in [1.29, 1.82) is 0 Å². The second-order valence-electron chi connectivity index (χ2n) is 4.38. The number of nitrogen functional groups attached to an aromatic ring is 1. The van der Waals surface area contributed by atoms with E-state index in [4.69, 9.17) is 5.73 Å². The van der Waals surface area contributed by atoms with Gasteiger partial charge in [0.25, 0.3) is 5.91 Å². The minimum Gasteiger partial charge on any atom is -0.399 e. The highest BCUT2D eigenvalue weighted by molar-refractivity contribution is 6.00. The van der Waals surface area contributed by atoms with Gasteiger partial charge in [-0.3, -0.25) is 4.79 Å². The molecule has 0 aliphatic heterocycles. The number of benzene rings is 2. The number of nitrogens with two attached hydrogens (primary N) is 1. The Morgan fingerprint density at radius 2 is 1.79 bits per heavy atom. The standard InChI is InChI=1S/C15H17N3O/c1-10-3-6-12(7-4-10)18-14-9-11(16)5-8-13(14)15(19)17-2/h3-9,18H,16H2,1-2H3,(H,17,19). The third kappa shape index (κ3) is 3.04. The summed E-state index contributed by atoms with van der Waals surface area (Å²) >= 11 is 0. The Morgan fingerprint density at radius 1 is 1.11 bits per heavy atom. The summed E-state index contributed by atoms with van der Waals surface area (Å²) in [5.41, 5.74) is 9.76. The summed E-state index contributed by atoms with van der Waals surface area (Å²) in [5.74, 6) is -0.144. The Kier molecular flexibility index (Phi) is 3.71. The molecular weight excluding hydrogens is 238 g/mol. The lowest BCUT2D eigenvalue weighted by Gasteiger charge is -2.12. The first kappa shape index (κ1) is 13.0. The van der Waals surface area contributed by atoms with Crippen LogP contribution in [-0.2, 0) is 0 Å². The monoisotopic (exact) mass is 255 g/mol. The van der Waals surface area contributed by atoms with Crippen LogP contribution in [0, 0.1) is 6.92 Å². The molecule has 2 rings (SSSR count). The van der Waals surface area contributed by atoms with Crippen molar-refractivity contribution < 1.29 is 4.79 Å². The number of anilines is 3. The first-order valence-corrected chi connectivity index (χ1v) is 6.05. The molecule has 1 amide bonds. The third-order valence-electron chi connectivity index (χ3n) is 2.85. The maximum Gasteiger partial charge on any atom is 0.253 e. The van der Waals surface area contributed by atoms with Crippen molar-refractivity contribution in [1.82, 2.24) is 5.32 Å². The van der Waals surface area contributed by atoms with E-state index >= 15 is 0 Å². The van der Waals surface area contributed by atoms with Crippen LogP contribution >= 0.6 is 0 Å². The van der Waals surface area contributed by atoms with Crippen LogP contribution in [-0.4, -0.2) is 13.0 Å². The number of hydrogen-bond donors (Lipinski definition) is 3. The minimum atomic E-state index is -0.144. The fourth-order valence-electron chi connectivity index (χ4n) is 1.79. The lowest BCUT2D eigenvalue weighted by Crippen LogP contribution is -2.19. The van der Waals surface area contributed by atoms with E-state index in [2.05, 4.69) is 10.6 Å². The molecule has 19 heavy (non-hydrogen) atoms. The van der Waals surface area contributed by atoms with Crippen LogP contribution in [0.2, 0.25) is 0 Å². The summed E-state index contributed by atoms with van der Waals surface area (Å²) in [7, 11) is 1.61. The second-order valence-corrected chi connectivity index (χ2v) is 4.38. The van der Waals surface area contributed by atoms with E-state index in [0.29, 0.717) is 16.9 Å². The van der Waals surface area contributed by atoms with Gasteiger partial charge in [-0.05, 0) is 37.3 Å². The highest BCUT2D eigenvalue weighted by Crippen LogP contribution is 2.23. The smallest absolute Gasteiger partial charge is 0.253 e. The van der Waals surface area contributed by atoms with Gasteiger partial charge in [0.15, 0.2) is 0 Å². The van der Waals surface area contributed by atoms with Gasteiger partial charge in [0.1, 0.15) is 0 Å². The van der Waals surface area contributed by atoms with E-state index in [-0.39, 0.29) is 5.91 Å². The molecule has 0 saturated carbocycles. The van der Waals surface area contributed by atoms with E-state index in [0.717, 1.165) is 5.69 Å². The molecule has 0 atom stereocenters. The summed E-state index contributed by atoms with van der Waals surface area (Å²) in [5, 5.41) is 5.83. The number of carbonyl (C=O) groups is 1. The first-order chi connectivity index (χ1) is 9.10. The number of rotatable bonds is 3. The van der Waals surface area contributed by atoms with E-state index in [1.54, 1.807) is 25.2 Å². The normalized spacial score (nSPS) is 10.0. The molecule has 0 saturated heterocycles. The quantitative estimate of drug-likeness (QED) is 0.739.